The zero-order chi connectivity index (χ0) is 20.3. The number of nitrogens with zero attached hydrogens (tertiary/aromatic N) is 2. The summed E-state index contributed by atoms with van der Waals surface area (Å²) in [6, 6.07) is 8.02. The first-order valence-corrected chi connectivity index (χ1v) is 11.0. The second-order valence-electron chi connectivity index (χ2n) is 7.30. The summed E-state index contributed by atoms with van der Waals surface area (Å²) in [5, 5.41) is 6.67. The van der Waals surface area contributed by atoms with E-state index in [1.807, 2.05) is 0 Å². The van der Waals surface area contributed by atoms with Crippen molar-refractivity contribution in [3.8, 4) is 0 Å². The third-order valence-corrected chi connectivity index (χ3v) is 7.08. The van der Waals surface area contributed by atoms with E-state index < -0.39 is 15.1 Å². The molecular weight excluding hydrogens is 378 g/mol. The van der Waals surface area contributed by atoms with Gasteiger partial charge in [-0.1, -0.05) is 12.1 Å². The van der Waals surface area contributed by atoms with E-state index in [1.165, 1.54) is 16.8 Å². The van der Waals surface area contributed by atoms with Crippen LogP contribution in [0.1, 0.15) is 37.1 Å². The number of nitrogens with one attached hydrogen (secondary N) is 1. The largest absolute Gasteiger partial charge is 0.354 e. The zero-order valence-corrected chi connectivity index (χ0v) is 17.0. The zero-order valence-electron chi connectivity index (χ0n) is 16.1. The molecule has 0 unspecified atom stereocenters. The quantitative estimate of drug-likeness (QED) is 0.751. The number of carbonyl (C=O) groups is 1. The number of aromatic nitrogens is 2. The summed E-state index contributed by atoms with van der Waals surface area (Å²) >= 11 is 0. The molecule has 1 heterocycles. The van der Waals surface area contributed by atoms with E-state index in [2.05, 4.69) is 10.4 Å². The fraction of sp³-hybridized carbons (Fsp3) is 0.450. The average Bonchev–Trinajstić information content (AvgIpc) is 3.09. The number of hydrogen-bond acceptors (Lipinski definition) is 5. The number of fused-ring (bicyclic) bond motifs is 1. The summed E-state index contributed by atoms with van der Waals surface area (Å²) in [5.41, 5.74) is 2.60. The molecule has 1 aromatic heterocycles. The maximum atomic E-state index is 12.1. The molecule has 28 heavy (non-hydrogen) atoms. The fourth-order valence-electron chi connectivity index (χ4n) is 3.22. The number of amides is 1. The third-order valence-electron chi connectivity index (χ3n) is 4.91. The van der Waals surface area contributed by atoms with Crippen LogP contribution >= 0.6 is 0 Å². The Kier molecular flexibility index (Phi) is 5.98. The van der Waals surface area contributed by atoms with Crippen LogP contribution in [0.5, 0.6) is 0 Å². The van der Waals surface area contributed by atoms with E-state index in [-0.39, 0.29) is 22.8 Å². The Morgan fingerprint density at radius 3 is 2.61 bits per heavy atom. The second-order valence-corrected chi connectivity index (χ2v) is 9.80. The number of hydrogen-bond donors (Lipinski definition) is 1. The van der Waals surface area contributed by atoms with Gasteiger partial charge >= 0.3 is 0 Å². The van der Waals surface area contributed by atoms with Crippen molar-refractivity contribution in [2.24, 2.45) is 0 Å². The van der Waals surface area contributed by atoms with Crippen LogP contribution < -0.4 is 10.9 Å². The molecule has 0 radical (unpaired) electrons. The first-order chi connectivity index (χ1) is 13.3. The minimum Gasteiger partial charge on any atom is -0.354 e. The molecule has 1 aromatic carbocycles. The van der Waals surface area contributed by atoms with E-state index in [4.69, 9.17) is 0 Å². The molecule has 0 saturated heterocycles. The topological polar surface area (TPSA) is 98.1 Å². The predicted molar refractivity (Wildman–Crippen MR) is 106 cm³/mol. The number of aryl methyl sites for hydroxylation is 2. The van der Waals surface area contributed by atoms with Crippen LogP contribution in [0.15, 0.2) is 40.0 Å². The Morgan fingerprint density at radius 2 is 1.93 bits per heavy atom. The van der Waals surface area contributed by atoms with E-state index in [1.54, 1.807) is 32.0 Å². The van der Waals surface area contributed by atoms with Crippen molar-refractivity contribution in [2.75, 3.05) is 6.54 Å². The molecule has 1 N–H and O–H groups in total. The Morgan fingerprint density at radius 1 is 1.21 bits per heavy atom. The Labute approximate surface area is 164 Å². The van der Waals surface area contributed by atoms with Crippen molar-refractivity contribution in [3.05, 3.63) is 57.5 Å². The average molecular weight is 404 g/mol. The van der Waals surface area contributed by atoms with Gasteiger partial charge in [0.05, 0.1) is 28.8 Å². The van der Waals surface area contributed by atoms with Crippen LogP contribution in [0.2, 0.25) is 0 Å². The van der Waals surface area contributed by atoms with Crippen molar-refractivity contribution in [2.45, 2.75) is 56.2 Å². The summed E-state index contributed by atoms with van der Waals surface area (Å²) in [4.78, 5) is 24.4. The van der Waals surface area contributed by atoms with Gasteiger partial charge in [0, 0.05) is 12.6 Å². The van der Waals surface area contributed by atoms with Gasteiger partial charge < -0.3 is 5.32 Å². The monoisotopic (exact) mass is 403 g/mol. The molecule has 1 aliphatic rings. The molecule has 3 rings (SSSR count). The van der Waals surface area contributed by atoms with Gasteiger partial charge in [0.2, 0.25) is 5.91 Å². The van der Waals surface area contributed by atoms with Crippen LogP contribution in [0.4, 0.5) is 0 Å². The van der Waals surface area contributed by atoms with Gasteiger partial charge in [-0.05, 0) is 56.4 Å². The van der Waals surface area contributed by atoms with Gasteiger partial charge in [0.15, 0.2) is 9.84 Å². The van der Waals surface area contributed by atoms with Gasteiger partial charge in [-0.15, -0.1) is 0 Å². The van der Waals surface area contributed by atoms with Crippen LogP contribution in [0, 0.1) is 0 Å². The van der Waals surface area contributed by atoms with Crippen LogP contribution in [0.25, 0.3) is 0 Å². The highest BCUT2D eigenvalue weighted by atomic mass is 32.2. The number of sulfone groups is 1. The molecule has 1 amide bonds. The fourth-order valence-corrected chi connectivity index (χ4v) is 4.28. The van der Waals surface area contributed by atoms with E-state index in [0.717, 1.165) is 36.1 Å². The third kappa shape index (κ3) is 4.49. The molecule has 0 fully saturated rings. The number of benzene rings is 1. The normalized spacial score (nSPS) is 13.5. The summed E-state index contributed by atoms with van der Waals surface area (Å²) < 4.78 is 25.7. The molecule has 0 atom stereocenters. The van der Waals surface area contributed by atoms with Crippen LogP contribution in [-0.2, 0) is 40.4 Å². The van der Waals surface area contributed by atoms with E-state index in [9.17, 15) is 18.0 Å². The molecular formula is C20H25N3O4S. The molecule has 0 spiro atoms. The Bertz CT molecular complexity index is 1020. The van der Waals surface area contributed by atoms with Crippen molar-refractivity contribution < 1.29 is 13.2 Å². The maximum absolute atomic E-state index is 12.1. The minimum atomic E-state index is -3.32. The molecule has 150 valence electrons. The lowest BCUT2D eigenvalue weighted by atomic mass is 10.1. The SMILES string of the molecule is CC(C)S(=O)(=O)c1ccc(CC(=O)NCCn2nc3c(cc2=O)CCC3)cc1. The van der Waals surface area contributed by atoms with Crippen LogP contribution in [-0.4, -0.2) is 35.9 Å². The highest BCUT2D eigenvalue weighted by Crippen LogP contribution is 2.17. The maximum Gasteiger partial charge on any atom is 0.267 e. The molecule has 8 heteroatoms. The lowest BCUT2D eigenvalue weighted by Crippen LogP contribution is -2.33. The van der Waals surface area contributed by atoms with E-state index >= 15 is 0 Å². The highest BCUT2D eigenvalue weighted by Gasteiger charge is 2.19. The molecule has 7 nitrogen and oxygen atoms in total. The lowest BCUT2D eigenvalue weighted by Gasteiger charge is -2.10. The summed E-state index contributed by atoms with van der Waals surface area (Å²) in [6.45, 7) is 3.91. The predicted octanol–water partition coefficient (Wildman–Crippen LogP) is 1.27. The standard InChI is InChI=1S/C20H25N3O4S/c1-14(2)28(26,27)17-8-6-15(7-9-17)12-19(24)21-10-11-23-20(25)13-16-4-3-5-18(16)22-23/h6-9,13-14H,3-5,10-12H2,1-2H3,(H,21,24). The van der Waals surface area contributed by atoms with Crippen molar-refractivity contribution in [3.63, 3.8) is 0 Å². The number of rotatable bonds is 7. The minimum absolute atomic E-state index is 0.142. The molecule has 1 aliphatic carbocycles. The van der Waals surface area contributed by atoms with Crippen molar-refractivity contribution in [1.29, 1.82) is 0 Å². The first-order valence-electron chi connectivity index (χ1n) is 9.47. The first kappa shape index (κ1) is 20.3. The summed E-state index contributed by atoms with van der Waals surface area (Å²) in [7, 11) is -3.32. The van der Waals surface area contributed by atoms with Gasteiger partial charge in [-0.25, -0.2) is 13.1 Å². The summed E-state index contributed by atoms with van der Waals surface area (Å²) in [6.07, 6.45) is 2.98. The molecule has 0 bridgehead atoms. The van der Waals surface area contributed by atoms with E-state index in [0.29, 0.717) is 13.1 Å². The highest BCUT2D eigenvalue weighted by molar-refractivity contribution is 7.92. The molecule has 0 aliphatic heterocycles. The molecule has 0 saturated carbocycles. The van der Waals surface area contributed by atoms with Crippen molar-refractivity contribution in [1.82, 2.24) is 15.1 Å². The smallest absolute Gasteiger partial charge is 0.267 e. The van der Waals surface area contributed by atoms with Gasteiger partial charge in [-0.2, -0.15) is 5.10 Å². The Balaban J connectivity index is 1.53. The molecule has 2 aromatic rings. The lowest BCUT2D eigenvalue weighted by molar-refractivity contribution is -0.120. The Hall–Kier alpha value is -2.48. The second kappa shape index (κ2) is 8.26. The van der Waals surface area contributed by atoms with Gasteiger partial charge in [0.25, 0.3) is 5.56 Å². The van der Waals surface area contributed by atoms with Gasteiger partial charge in [0.1, 0.15) is 0 Å². The summed E-state index contributed by atoms with van der Waals surface area (Å²) in [5.74, 6) is -0.186. The van der Waals surface area contributed by atoms with Crippen molar-refractivity contribution >= 4 is 15.7 Å². The van der Waals surface area contributed by atoms with Crippen LogP contribution in [0.3, 0.4) is 0 Å². The number of carbonyl (C=O) groups excluding carboxylic acids is 1. The van der Waals surface area contributed by atoms with Gasteiger partial charge in [-0.3, -0.25) is 9.59 Å².